The smallest absolute Gasteiger partial charge is 0.233 e. The van der Waals surface area contributed by atoms with Crippen molar-refractivity contribution in [1.82, 2.24) is 10.3 Å². The van der Waals surface area contributed by atoms with Crippen molar-refractivity contribution >= 4 is 5.91 Å². The quantitative estimate of drug-likeness (QED) is 0.436. The maximum absolute atomic E-state index is 11.1. The van der Waals surface area contributed by atoms with E-state index < -0.39 is 0 Å². The van der Waals surface area contributed by atoms with Gasteiger partial charge >= 0.3 is 0 Å². The molecule has 1 aliphatic rings. The zero-order chi connectivity index (χ0) is 12.8. The minimum absolute atomic E-state index is 0.0612. The van der Waals surface area contributed by atoms with E-state index in [4.69, 9.17) is 5.84 Å². The number of hydrazine groups is 1. The van der Waals surface area contributed by atoms with Crippen molar-refractivity contribution in [3.63, 3.8) is 0 Å². The summed E-state index contributed by atoms with van der Waals surface area (Å²) in [5.41, 5.74) is 2.19. The molecule has 4 nitrogen and oxygen atoms in total. The summed E-state index contributed by atoms with van der Waals surface area (Å²) in [6, 6.07) is 0.486. The molecule has 1 atom stereocenters. The van der Waals surface area contributed by atoms with Crippen LogP contribution in [0.1, 0.15) is 46.5 Å². The number of carbonyl (C=O) groups excluding carboxylic acids is 1. The number of carbonyl (C=O) groups is 1. The van der Waals surface area contributed by atoms with Gasteiger partial charge in [-0.05, 0) is 51.1 Å². The van der Waals surface area contributed by atoms with Crippen LogP contribution in [-0.4, -0.2) is 29.9 Å². The highest BCUT2D eigenvalue weighted by atomic mass is 16.2. The molecule has 0 spiro atoms. The Labute approximate surface area is 105 Å². The van der Waals surface area contributed by atoms with Gasteiger partial charge in [-0.3, -0.25) is 10.2 Å². The van der Waals surface area contributed by atoms with E-state index in [-0.39, 0.29) is 5.91 Å². The van der Waals surface area contributed by atoms with Crippen molar-refractivity contribution in [2.75, 3.05) is 13.1 Å². The summed E-state index contributed by atoms with van der Waals surface area (Å²) in [7, 11) is 0. The Bertz CT molecular complexity index is 235. The van der Waals surface area contributed by atoms with Crippen LogP contribution in [-0.2, 0) is 4.79 Å². The van der Waals surface area contributed by atoms with Gasteiger partial charge in [0, 0.05) is 12.5 Å². The standard InChI is InChI=1S/C13H27N3O/c1-10(2)12-6-8-16(9-7-12)11(3)4-5-13(17)15-14/h10-12H,4-9,14H2,1-3H3,(H,15,17). The second-order valence-corrected chi connectivity index (χ2v) is 5.57. The SMILES string of the molecule is CC(C)C1CCN(C(C)CCC(=O)NN)CC1. The van der Waals surface area contributed by atoms with Crippen LogP contribution >= 0.6 is 0 Å². The van der Waals surface area contributed by atoms with E-state index in [0.717, 1.165) is 18.3 Å². The van der Waals surface area contributed by atoms with Crippen molar-refractivity contribution < 1.29 is 4.79 Å². The van der Waals surface area contributed by atoms with Crippen LogP contribution in [0.15, 0.2) is 0 Å². The Kier molecular flexibility index (Phi) is 5.92. The molecule has 4 heteroatoms. The van der Waals surface area contributed by atoms with Crippen molar-refractivity contribution in [3.8, 4) is 0 Å². The van der Waals surface area contributed by atoms with Gasteiger partial charge < -0.3 is 4.90 Å². The molecule has 0 radical (unpaired) electrons. The lowest BCUT2D eigenvalue weighted by molar-refractivity contribution is -0.121. The Morgan fingerprint density at radius 2 is 1.94 bits per heavy atom. The number of nitrogens with two attached hydrogens (primary N) is 1. The minimum atomic E-state index is -0.0612. The zero-order valence-electron chi connectivity index (χ0n) is 11.4. The number of hydrogen-bond acceptors (Lipinski definition) is 3. The third kappa shape index (κ3) is 4.64. The molecule has 3 N–H and O–H groups in total. The fraction of sp³-hybridized carbons (Fsp3) is 0.923. The van der Waals surface area contributed by atoms with Crippen molar-refractivity contribution in [2.24, 2.45) is 17.7 Å². The minimum Gasteiger partial charge on any atom is -0.301 e. The van der Waals surface area contributed by atoms with Crippen molar-refractivity contribution in [3.05, 3.63) is 0 Å². The molecule has 1 amide bonds. The predicted octanol–water partition coefficient (Wildman–Crippen LogP) is 1.51. The second-order valence-electron chi connectivity index (χ2n) is 5.57. The van der Waals surface area contributed by atoms with Crippen molar-refractivity contribution in [2.45, 2.75) is 52.5 Å². The Hall–Kier alpha value is -0.610. The van der Waals surface area contributed by atoms with Crippen LogP contribution in [0.2, 0.25) is 0 Å². The summed E-state index contributed by atoms with van der Waals surface area (Å²) in [6.07, 6.45) is 4.02. The van der Waals surface area contributed by atoms with E-state index in [1.165, 1.54) is 25.9 Å². The first-order chi connectivity index (χ1) is 8.04. The molecule has 1 saturated heterocycles. The van der Waals surface area contributed by atoms with Gasteiger partial charge in [0.05, 0.1) is 0 Å². The lowest BCUT2D eigenvalue weighted by atomic mass is 9.86. The highest BCUT2D eigenvalue weighted by Gasteiger charge is 2.24. The van der Waals surface area contributed by atoms with Crippen LogP contribution in [0.3, 0.4) is 0 Å². The number of likely N-dealkylation sites (tertiary alicyclic amines) is 1. The average molecular weight is 241 g/mol. The fourth-order valence-electron chi connectivity index (χ4n) is 2.62. The molecular weight excluding hydrogens is 214 g/mol. The van der Waals surface area contributed by atoms with Gasteiger partial charge in [0.25, 0.3) is 0 Å². The summed E-state index contributed by atoms with van der Waals surface area (Å²) in [5.74, 6) is 6.70. The molecule has 0 aliphatic carbocycles. The third-order valence-corrected chi connectivity index (χ3v) is 4.09. The number of nitrogens with one attached hydrogen (secondary N) is 1. The molecule has 1 heterocycles. The van der Waals surface area contributed by atoms with E-state index in [9.17, 15) is 4.79 Å². The molecule has 0 bridgehead atoms. The molecule has 0 saturated carbocycles. The van der Waals surface area contributed by atoms with Gasteiger partial charge in [0.15, 0.2) is 0 Å². The molecule has 0 aromatic rings. The summed E-state index contributed by atoms with van der Waals surface area (Å²) in [4.78, 5) is 13.6. The summed E-state index contributed by atoms with van der Waals surface area (Å²) in [6.45, 7) is 9.19. The predicted molar refractivity (Wildman–Crippen MR) is 70.2 cm³/mol. The topological polar surface area (TPSA) is 58.4 Å². The Balaban J connectivity index is 2.26. The maximum atomic E-state index is 11.1. The number of piperidine rings is 1. The first kappa shape index (κ1) is 14.5. The monoisotopic (exact) mass is 241 g/mol. The van der Waals surface area contributed by atoms with Crippen LogP contribution in [0.4, 0.5) is 0 Å². The van der Waals surface area contributed by atoms with Gasteiger partial charge in [-0.15, -0.1) is 0 Å². The molecule has 100 valence electrons. The Morgan fingerprint density at radius 3 is 2.41 bits per heavy atom. The van der Waals surface area contributed by atoms with Gasteiger partial charge in [0.2, 0.25) is 5.91 Å². The van der Waals surface area contributed by atoms with Gasteiger partial charge in [-0.2, -0.15) is 0 Å². The lowest BCUT2D eigenvalue weighted by Gasteiger charge is -2.37. The van der Waals surface area contributed by atoms with Gasteiger partial charge in [-0.1, -0.05) is 13.8 Å². The first-order valence-electron chi connectivity index (χ1n) is 6.78. The van der Waals surface area contributed by atoms with Crippen molar-refractivity contribution in [1.29, 1.82) is 0 Å². The molecule has 0 aromatic carbocycles. The number of hydrogen-bond donors (Lipinski definition) is 2. The second kappa shape index (κ2) is 6.97. The molecule has 1 rings (SSSR count). The van der Waals surface area contributed by atoms with E-state index in [2.05, 4.69) is 31.1 Å². The van der Waals surface area contributed by atoms with E-state index >= 15 is 0 Å². The van der Waals surface area contributed by atoms with E-state index in [1.807, 2.05) is 0 Å². The zero-order valence-corrected chi connectivity index (χ0v) is 11.4. The molecule has 1 fully saturated rings. The molecule has 1 unspecified atom stereocenters. The lowest BCUT2D eigenvalue weighted by Crippen LogP contribution is -2.41. The van der Waals surface area contributed by atoms with E-state index in [1.54, 1.807) is 0 Å². The Morgan fingerprint density at radius 1 is 1.35 bits per heavy atom. The van der Waals surface area contributed by atoms with Crippen LogP contribution < -0.4 is 11.3 Å². The van der Waals surface area contributed by atoms with Gasteiger partial charge in [0.1, 0.15) is 0 Å². The van der Waals surface area contributed by atoms with Crippen LogP contribution in [0.25, 0.3) is 0 Å². The summed E-state index contributed by atoms with van der Waals surface area (Å²) in [5, 5.41) is 0. The van der Waals surface area contributed by atoms with Crippen LogP contribution in [0, 0.1) is 11.8 Å². The largest absolute Gasteiger partial charge is 0.301 e. The number of nitrogens with zero attached hydrogens (tertiary/aromatic N) is 1. The first-order valence-corrected chi connectivity index (χ1v) is 6.78. The number of rotatable bonds is 5. The van der Waals surface area contributed by atoms with Crippen LogP contribution in [0.5, 0.6) is 0 Å². The van der Waals surface area contributed by atoms with E-state index in [0.29, 0.717) is 12.5 Å². The summed E-state index contributed by atoms with van der Waals surface area (Å²) >= 11 is 0. The average Bonchev–Trinajstić information content (AvgIpc) is 2.35. The molecule has 1 aliphatic heterocycles. The third-order valence-electron chi connectivity index (χ3n) is 4.09. The summed E-state index contributed by atoms with van der Waals surface area (Å²) < 4.78 is 0. The molecule has 17 heavy (non-hydrogen) atoms. The fourth-order valence-corrected chi connectivity index (χ4v) is 2.62. The molecule has 0 aromatic heterocycles. The molecular formula is C13H27N3O. The highest BCUT2D eigenvalue weighted by molar-refractivity contribution is 5.75. The maximum Gasteiger partial charge on any atom is 0.233 e. The number of amides is 1. The highest BCUT2D eigenvalue weighted by Crippen LogP contribution is 2.26. The normalized spacial score (nSPS) is 20.5. The van der Waals surface area contributed by atoms with Gasteiger partial charge in [-0.25, -0.2) is 5.84 Å².